The summed E-state index contributed by atoms with van der Waals surface area (Å²) in [4.78, 5) is 14.9. The Hall–Kier alpha value is -1.06. The molecule has 2 aliphatic rings. The number of carbonyl (C=O) groups is 1. The van der Waals surface area contributed by atoms with Crippen molar-refractivity contribution in [1.82, 2.24) is 10.2 Å². The molecule has 1 amide bonds. The van der Waals surface area contributed by atoms with Crippen LogP contribution in [0.15, 0.2) is 24.3 Å². The Bertz CT molecular complexity index is 483. The van der Waals surface area contributed by atoms with Crippen LogP contribution >= 0.6 is 12.4 Å². The third-order valence-electron chi connectivity index (χ3n) is 4.67. The van der Waals surface area contributed by atoms with Crippen LogP contribution in [0, 0.1) is 0 Å². The maximum Gasteiger partial charge on any atom is 0.243 e. The quantitative estimate of drug-likeness (QED) is 0.909. The smallest absolute Gasteiger partial charge is 0.243 e. The Kier molecular flexibility index (Phi) is 4.71. The fraction of sp³-hybridized carbons (Fsp3) is 0.562. The predicted octanol–water partition coefficient (Wildman–Crippen LogP) is 2.53. The predicted molar refractivity (Wildman–Crippen MR) is 83.1 cm³/mol. The molecule has 0 aromatic heterocycles. The van der Waals surface area contributed by atoms with E-state index in [0.717, 1.165) is 45.3 Å². The van der Waals surface area contributed by atoms with Crippen molar-refractivity contribution >= 4 is 18.3 Å². The molecule has 1 fully saturated rings. The standard InChI is InChI=1S/C16H22N2O.ClH/c1-2-16(9-5-10-17-16)15(19)18-11-8-13-6-3-4-7-14(13)12-18;/h3-4,6-7,17H,2,5,8-12H2,1H3;1H. The minimum Gasteiger partial charge on any atom is -0.336 e. The van der Waals surface area contributed by atoms with E-state index in [1.54, 1.807) is 0 Å². The molecule has 20 heavy (non-hydrogen) atoms. The van der Waals surface area contributed by atoms with Gasteiger partial charge in [-0.1, -0.05) is 31.2 Å². The highest BCUT2D eigenvalue weighted by Gasteiger charge is 2.42. The number of nitrogens with zero attached hydrogens (tertiary/aromatic N) is 1. The average molecular weight is 295 g/mol. The van der Waals surface area contributed by atoms with Crippen LogP contribution < -0.4 is 5.32 Å². The lowest BCUT2D eigenvalue weighted by Gasteiger charge is -2.36. The summed E-state index contributed by atoms with van der Waals surface area (Å²) in [5, 5.41) is 3.45. The van der Waals surface area contributed by atoms with Gasteiger partial charge in [-0.25, -0.2) is 0 Å². The van der Waals surface area contributed by atoms with Gasteiger partial charge in [0.15, 0.2) is 0 Å². The maximum atomic E-state index is 12.8. The van der Waals surface area contributed by atoms with Crippen molar-refractivity contribution in [2.45, 2.75) is 44.7 Å². The second-order valence-electron chi connectivity index (χ2n) is 5.71. The van der Waals surface area contributed by atoms with E-state index in [9.17, 15) is 4.79 Å². The first-order valence-electron chi connectivity index (χ1n) is 7.36. The molecule has 0 bridgehead atoms. The van der Waals surface area contributed by atoms with E-state index in [-0.39, 0.29) is 17.9 Å². The fourth-order valence-corrected chi connectivity index (χ4v) is 3.41. The Balaban J connectivity index is 0.00000147. The molecule has 4 heteroatoms. The molecular weight excluding hydrogens is 272 g/mol. The summed E-state index contributed by atoms with van der Waals surface area (Å²) >= 11 is 0. The highest BCUT2D eigenvalue weighted by atomic mass is 35.5. The molecule has 0 aliphatic carbocycles. The molecule has 1 aromatic rings. The van der Waals surface area contributed by atoms with Crippen molar-refractivity contribution in [3.05, 3.63) is 35.4 Å². The van der Waals surface area contributed by atoms with Crippen LogP contribution in [0.5, 0.6) is 0 Å². The van der Waals surface area contributed by atoms with Crippen LogP contribution in [-0.4, -0.2) is 29.4 Å². The van der Waals surface area contributed by atoms with Gasteiger partial charge in [0.05, 0.1) is 5.54 Å². The lowest BCUT2D eigenvalue weighted by molar-refractivity contribution is -0.139. The molecule has 1 N–H and O–H groups in total. The van der Waals surface area contributed by atoms with Gasteiger partial charge in [0.25, 0.3) is 0 Å². The molecular formula is C16H23ClN2O. The van der Waals surface area contributed by atoms with E-state index >= 15 is 0 Å². The summed E-state index contributed by atoms with van der Waals surface area (Å²) in [7, 11) is 0. The number of rotatable bonds is 2. The van der Waals surface area contributed by atoms with E-state index < -0.39 is 0 Å². The lowest BCUT2D eigenvalue weighted by Crippen LogP contribution is -2.55. The first-order valence-corrected chi connectivity index (χ1v) is 7.36. The summed E-state index contributed by atoms with van der Waals surface area (Å²) in [5.74, 6) is 0.307. The first kappa shape index (κ1) is 15.3. The molecule has 0 spiro atoms. The third-order valence-corrected chi connectivity index (χ3v) is 4.67. The summed E-state index contributed by atoms with van der Waals surface area (Å²) in [6.07, 6.45) is 3.98. The van der Waals surface area contributed by atoms with Gasteiger partial charge in [-0.15, -0.1) is 12.4 Å². The zero-order valence-corrected chi connectivity index (χ0v) is 12.8. The van der Waals surface area contributed by atoms with Crippen molar-refractivity contribution in [3.63, 3.8) is 0 Å². The second kappa shape index (κ2) is 6.15. The minimum atomic E-state index is -0.285. The van der Waals surface area contributed by atoms with Crippen LogP contribution in [0.3, 0.4) is 0 Å². The molecule has 2 heterocycles. The Morgan fingerprint density at radius 1 is 1.35 bits per heavy atom. The van der Waals surface area contributed by atoms with Crippen molar-refractivity contribution in [1.29, 1.82) is 0 Å². The number of amides is 1. The summed E-state index contributed by atoms with van der Waals surface area (Å²) in [6.45, 7) is 4.73. The molecule has 2 aliphatic heterocycles. The Labute approximate surface area is 127 Å². The van der Waals surface area contributed by atoms with Gasteiger partial charge < -0.3 is 10.2 Å². The zero-order chi connectivity index (χ0) is 13.3. The Morgan fingerprint density at radius 3 is 2.75 bits per heavy atom. The van der Waals surface area contributed by atoms with Gasteiger partial charge in [-0.3, -0.25) is 4.79 Å². The van der Waals surface area contributed by atoms with Crippen LogP contribution in [0.1, 0.15) is 37.3 Å². The average Bonchev–Trinajstić information content (AvgIpc) is 2.96. The Morgan fingerprint density at radius 2 is 2.10 bits per heavy atom. The third kappa shape index (κ3) is 2.57. The number of fused-ring (bicyclic) bond motifs is 1. The van der Waals surface area contributed by atoms with Crippen LogP contribution in [0.4, 0.5) is 0 Å². The second-order valence-corrected chi connectivity index (χ2v) is 5.71. The lowest BCUT2D eigenvalue weighted by atomic mass is 9.90. The topological polar surface area (TPSA) is 32.3 Å². The largest absolute Gasteiger partial charge is 0.336 e. The van der Waals surface area contributed by atoms with Crippen molar-refractivity contribution in [2.75, 3.05) is 13.1 Å². The molecule has 110 valence electrons. The molecule has 1 aromatic carbocycles. The fourth-order valence-electron chi connectivity index (χ4n) is 3.41. The molecule has 1 unspecified atom stereocenters. The van der Waals surface area contributed by atoms with Gasteiger partial charge in [0.2, 0.25) is 5.91 Å². The number of benzene rings is 1. The van der Waals surface area contributed by atoms with E-state index in [1.807, 2.05) is 4.90 Å². The number of hydrogen-bond acceptors (Lipinski definition) is 2. The molecule has 0 radical (unpaired) electrons. The molecule has 1 atom stereocenters. The highest BCUT2D eigenvalue weighted by molar-refractivity contribution is 5.87. The number of halogens is 1. The summed E-state index contributed by atoms with van der Waals surface area (Å²) in [6, 6.07) is 8.48. The van der Waals surface area contributed by atoms with E-state index in [4.69, 9.17) is 0 Å². The van der Waals surface area contributed by atoms with Crippen LogP contribution in [-0.2, 0) is 17.8 Å². The first-order chi connectivity index (χ1) is 9.25. The van der Waals surface area contributed by atoms with E-state index in [2.05, 4.69) is 36.5 Å². The SMILES string of the molecule is CCC1(C(=O)N2CCc3ccccc3C2)CCCN1.Cl. The van der Waals surface area contributed by atoms with Crippen LogP contribution in [0.2, 0.25) is 0 Å². The normalized spacial score (nSPS) is 24.9. The minimum absolute atomic E-state index is 0. The molecule has 0 saturated carbocycles. The highest BCUT2D eigenvalue weighted by Crippen LogP contribution is 2.28. The van der Waals surface area contributed by atoms with Gasteiger partial charge in [0.1, 0.15) is 0 Å². The van der Waals surface area contributed by atoms with Gasteiger partial charge in [-0.05, 0) is 43.4 Å². The zero-order valence-electron chi connectivity index (χ0n) is 12.0. The number of hydrogen-bond donors (Lipinski definition) is 1. The van der Waals surface area contributed by atoms with Crippen molar-refractivity contribution in [3.8, 4) is 0 Å². The van der Waals surface area contributed by atoms with Gasteiger partial charge in [-0.2, -0.15) is 0 Å². The van der Waals surface area contributed by atoms with E-state index in [1.165, 1.54) is 11.1 Å². The number of carbonyl (C=O) groups excluding carboxylic acids is 1. The van der Waals surface area contributed by atoms with Crippen molar-refractivity contribution < 1.29 is 4.79 Å². The summed E-state index contributed by atoms with van der Waals surface area (Å²) < 4.78 is 0. The molecule has 1 saturated heterocycles. The maximum absolute atomic E-state index is 12.8. The van der Waals surface area contributed by atoms with Crippen LogP contribution in [0.25, 0.3) is 0 Å². The summed E-state index contributed by atoms with van der Waals surface area (Å²) in [5.41, 5.74) is 2.43. The van der Waals surface area contributed by atoms with Crippen molar-refractivity contribution in [2.24, 2.45) is 0 Å². The monoisotopic (exact) mass is 294 g/mol. The molecule has 3 rings (SSSR count). The number of nitrogens with one attached hydrogen (secondary N) is 1. The van der Waals surface area contributed by atoms with Gasteiger partial charge >= 0.3 is 0 Å². The molecule has 3 nitrogen and oxygen atoms in total. The van der Waals surface area contributed by atoms with E-state index in [0.29, 0.717) is 5.91 Å². The van der Waals surface area contributed by atoms with Gasteiger partial charge in [0, 0.05) is 13.1 Å².